The normalized spacial score (nSPS) is 29.7. The number of likely N-dealkylation sites (tertiary alicyclic amines) is 1. The second-order valence-corrected chi connectivity index (χ2v) is 12.4. The van der Waals surface area contributed by atoms with Crippen LogP contribution < -0.4 is 5.32 Å². The molecule has 37 heavy (non-hydrogen) atoms. The Morgan fingerprint density at radius 2 is 1.92 bits per heavy atom. The van der Waals surface area contributed by atoms with Crippen molar-refractivity contribution in [2.24, 2.45) is 23.7 Å². The number of nitrogens with one attached hydrogen (secondary N) is 1. The Morgan fingerprint density at radius 3 is 2.62 bits per heavy atom. The van der Waals surface area contributed by atoms with Crippen molar-refractivity contribution >= 4 is 17.7 Å². The van der Waals surface area contributed by atoms with Gasteiger partial charge in [-0.25, -0.2) is 0 Å². The summed E-state index contributed by atoms with van der Waals surface area (Å²) in [6, 6.07) is 2.32. The number of hydrogen-bond acceptors (Lipinski definition) is 4. The van der Waals surface area contributed by atoms with Gasteiger partial charge in [0.1, 0.15) is 0 Å². The standard InChI is InChI=1S/C29H47N5O3/c1-19(2)25-10-9-20(3)13-29(37)33-17-23-15-24(26(33)7-6-8-27(35)30-25)18-32(16-23)28(36)11-12-34-22(5)14-21(4)31-34/h14,19-20,23-26H,6-13,15-18H2,1-5H3,(H,30,35)/t20-,23+,24+,25+,26+/m1/s1. The van der Waals surface area contributed by atoms with Crippen LogP contribution in [0.4, 0.5) is 0 Å². The van der Waals surface area contributed by atoms with Crippen LogP contribution in [0.2, 0.25) is 0 Å². The smallest absolute Gasteiger partial charge is 0.224 e. The van der Waals surface area contributed by atoms with Gasteiger partial charge in [0.25, 0.3) is 0 Å². The number of nitrogens with zero attached hydrogens (tertiary/aromatic N) is 4. The molecule has 0 spiro atoms. The molecule has 4 rings (SSSR count). The molecule has 3 fully saturated rings. The number of carbonyl (C=O) groups is 3. The van der Waals surface area contributed by atoms with E-state index in [2.05, 4.69) is 36.1 Å². The van der Waals surface area contributed by atoms with E-state index in [9.17, 15) is 14.4 Å². The molecule has 3 aliphatic heterocycles. The Balaban J connectivity index is 1.43. The number of rotatable bonds is 4. The molecule has 0 unspecified atom stereocenters. The minimum atomic E-state index is 0.108. The molecule has 3 amide bonds. The van der Waals surface area contributed by atoms with Crippen LogP contribution in [0, 0.1) is 37.5 Å². The maximum absolute atomic E-state index is 13.5. The van der Waals surface area contributed by atoms with Gasteiger partial charge >= 0.3 is 0 Å². The van der Waals surface area contributed by atoms with E-state index >= 15 is 0 Å². The molecular weight excluding hydrogens is 466 g/mol. The molecule has 0 radical (unpaired) electrons. The molecule has 0 saturated carbocycles. The molecular formula is C29H47N5O3. The molecule has 3 saturated heterocycles. The van der Waals surface area contributed by atoms with Crippen LogP contribution in [-0.2, 0) is 20.9 Å². The van der Waals surface area contributed by atoms with Crippen molar-refractivity contribution < 1.29 is 14.4 Å². The fourth-order valence-corrected chi connectivity index (χ4v) is 6.77. The minimum absolute atomic E-state index is 0.108. The van der Waals surface area contributed by atoms with Crippen LogP contribution in [-0.4, -0.2) is 69.0 Å². The second-order valence-electron chi connectivity index (χ2n) is 12.4. The summed E-state index contributed by atoms with van der Waals surface area (Å²) in [5, 5.41) is 7.76. The second kappa shape index (κ2) is 12.0. The number of carbonyl (C=O) groups excluding carboxylic acids is 3. The molecule has 0 aromatic carbocycles. The zero-order chi connectivity index (χ0) is 26.7. The van der Waals surface area contributed by atoms with Crippen LogP contribution in [0.25, 0.3) is 0 Å². The van der Waals surface area contributed by atoms with Gasteiger partial charge in [0, 0.05) is 63.2 Å². The first-order valence-corrected chi connectivity index (χ1v) is 14.5. The van der Waals surface area contributed by atoms with Crippen molar-refractivity contribution in [1.82, 2.24) is 24.9 Å². The minimum Gasteiger partial charge on any atom is -0.353 e. The third-order valence-electron chi connectivity index (χ3n) is 8.83. The first-order valence-electron chi connectivity index (χ1n) is 14.5. The highest BCUT2D eigenvalue weighted by Gasteiger charge is 2.43. The highest BCUT2D eigenvalue weighted by Crippen LogP contribution is 2.36. The van der Waals surface area contributed by atoms with Gasteiger partial charge in [-0.3, -0.25) is 19.1 Å². The van der Waals surface area contributed by atoms with E-state index in [-0.39, 0.29) is 35.7 Å². The molecule has 4 heterocycles. The van der Waals surface area contributed by atoms with Gasteiger partial charge in [-0.05, 0) is 75.7 Å². The molecule has 0 aliphatic carbocycles. The van der Waals surface area contributed by atoms with Gasteiger partial charge in [0.15, 0.2) is 0 Å². The Kier molecular flexibility index (Phi) is 8.96. The lowest BCUT2D eigenvalue weighted by atomic mass is 9.77. The number of amides is 3. The summed E-state index contributed by atoms with van der Waals surface area (Å²) in [6.07, 6.45) is 6.03. The summed E-state index contributed by atoms with van der Waals surface area (Å²) in [6.45, 7) is 13.2. The van der Waals surface area contributed by atoms with E-state index in [1.54, 1.807) is 0 Å². The SMILES string of the molecule is Cc1cc(C)n(CCC(=O)N2C[C@@H]3C[C@@H](C2)[C@@H]2CCCC(=O)N[C@H](C(C)C)CC[C@@H](C)CC(=O)N2C3)n1. The number of aromatic nitrogens is 2. The van der Waals surface area contributed by atoms with Gasteiger partial charge in [-0.15, -0.1) is 0 Å². The van der Waals surface area contributed by atoms with E-state index in [4.69, 9.17) is 0 Å². The Hall–Kier alpha value is -2.38. The molecule has 8 nitrogen and oxygen atoms in total. The molecule has 8 heteroatoms. The lowest BCUT2D eigenvalue weighted by Gasteiger charge is -2.51. The fraction of sp³-hybridized carbons (Fsp3) is 0.793. The summed E-state index contributed by atoms with van der Waals surface area (Å²) < 4.78 is 1.92. The van der Waals surface area contributed by atoms with Crippen molar-refractivity contribution in [2.45, 2.75) is 105 Å². The average Bonchev–Trinajstić information content (AvgIpc) is 3.17. The zero-order valence-corrected chi connectivity index (χ0v) is 23.5. The summed E-state index contributed by atoms with van der Waals surface area (Å²) in [5.74, 6) is 1.85. The first-order chi connectivity index (χ1) is 17.6. The number of aryl methyl sites for hydroxylation is 3. The molecule has 2 bridgehead atoms. The van der Waals surface area contributed by atoms with Gasteiger partial charge in [0.2, 0.25) is 17.7 Å². The highest BCUT2D eigenvalue weighted by atomic mass is 16.2. The predicted octanol–water partition coefficient (Wildman–Crippen LogP) is 3.70. The molecule has 3 aliphatic rings. The Morgan fingerprint density at radius 1 is 1.14 bits per heavy atom. The summed E-state index contributed by atoms with van der Waals surface area (Å²) in [7, 11) is 0. The number of piperidine rings is 2. The molecule has 206 valence electrons. The van der Waals surface area contributed by atoms with Gasteiger partial charge in [0.05, 0.1) is 5.69 Å². The lowest BCUT2D eigenvalue weighted by Crippen LogP contribution is -2.60. The summed E-state index contributed by atoms with van der Waals surface area (Å²) in [5.41, 5.74) is 2.06. The monoisotopic (exact) mass is 513 g/mol. The summed E-state index contributed by atoms with van der Waals surface area (Å²) in [4.78, 5) is 43.7. The van der Waals surface area contributed by atoms with Gasteiger partial charge in [-0.1, -0.05) is 20.8 Å². The van der Waals surface area contributed by atoms with Crippen molar-refractivity contribution in [2.75, 3.05) is 19.6 Å². The van der Waals surface area contributed by atoms with Crippen LogP contribution in [0.5, 0.6) is 0 Å². The van der Waals surface area contributed by atoms with E-state index in [0.717, 1.165) is 56.6 Å². The first kappa shape index (κ1) is 27.6. The Labute approximate surface area is 222 Å². The van der Waals surface area contributed by atoms with Crippen LogP contribution >= 0.6 is 0 Å². The van der Waals surface area contributed by atoms with Crippen LogP contribution in [0.1, 0.15) is 83.5 Å². The molecule has 5 atom stereocenters. The average molecular weight is 514 g/mol. The third kappa shape index (κ3) is 6.94. The van der Waals surface area contributed by atoms with Crippen molar-refractivity contribution in [3.05, 3.63) is 17.5 Å². The zero-order valence-electron chi connectivity index (χ0n) is 23.5. The molecule has 1 N–H and O–H groups in total. The van der Waals surface area contributed by atoms with Crippen LogP contribution in [0.15, 0.2) is 6.07 Å². The highest BCUT2D eigenvalue weighted by molar-refractivity contribution is 5.78. The number of hydrogen-bond donors (Lipinski definition) is 1. The van der Waals surface area contributed by atoms with Crippen molar-refractivity contribution in [1.29, 1.82) is 0 Å². The van der Waals surface area contributed by atoms with Gasteiger partial charge in [-0.2, -0.15) is 5.10 Å². The summed E-state index contributed by atoms with van der Waals surface area (Å²) >= 11 is 0. The van der Waals surface area contributed by atoms with Crippen molar-refractivity contribution in [3.63, 3.8) is 0 Å². The molecule has 1 aromatic heterocycles. The maximum Gasteiger partial charge on any atom is 0.224 e. The molecule has 1 aromatic rings. The lowest BCUT2D eigenvalue weighted by molar-refractivity contribution is -0.146. The largest absolute Gasteiger partial charge is 0.353 e. The number of fused-ring (bicyclic) bond motifs is 4. The van der Waals surface area contributed by atoms with E-state index in [1.807, 2.05) is 29.5 Å². The van der Waals surface area contributed by atoms with E-state index in [0.29, 0.717) is 50.1 Å². The fourth-order valence-electron chi connectivity index (χ4n) is 6.77. The van der Waals surface area contributed by atoms with E-state index in [1.165, 1.54) is 0 Å². The predicted molar refractivity (Wildman–Crippen MR) is 144 cm³/mol. The van der Waals surface area contributed by atoms with Crippen molar-refractivity contribution in [3.8, 4) is 0 Å². The van der Waals surface area contributed by atoms with Crippen LogP contribution in [0.3, 0.4) is 0 Å². The topological polar surface area (TPSA) is 87.5 Å². The Bertz CT molecular complexity index is 973. The third-order valence-corrected chi connectivity index (χ3v) is 8.83. The maximum atomic E-state index is 13.5. The van der Waals surface area contributed by atoms with E-state index < -0.39 is 0 Å². The quantitative estimate of drug-likeness (QED) is 0.665. The van der Waals surface area contributed by atoms with Gasteiger partial charge < -0.3 is 15.1 Å².